The van der Waals surface area contributed by atoms with Crippen molar-refractivity contribution in [2.45, 2.75) is 66.1 Å². The average Bonchev–Trinajstić information content (AvgIpc) is 2.65. The Morgan fingerprint density at radius 2 is 1.59 bits per heavy atom. The van der Waals surface area contributed by atoms with Crippen LogP contribution in [0.3, 0.4) is 0 Å². The Morgan fingerprint density at radius 1 is 1.00 bits per heavy atom. The first-order chi connectivity index (χ1) is 13.7. The molecule has 1 N–H and O–H groups in total. The number of hydrogen-bond donors (Lipinski definition) is 1. The van der Waals surface area contributed by atoms with Gasteiger partial charge in [-0.2, -0.15) is 0 Å². The van der Waals surface area contributed by atoms with E-state index in [1.54, 1.807) is 24.0 Å². The van der Waals surface area contributed by atoms with Crippen LogP contribution in [0.15, 0.2) is 42.5 Å². The molecule has 4 nitrogen and oxygen atoms in total. The third-order valence-corrected chi connectivity index (χ3v) is 5.32. The van der Waals surface area contributed by atoms with Gasteiger partial charge in [0, 0.05) is 17.6 Å². The standard InChI is InChI=1S/C24H31ClN2O2/c1-6-18(4)26-24(29)19(5)27(15-20-7-9-22(25)10-8-20)23(28)14-21-12-16(2)11-17(3)13-21/h7-13,18-19H,6,14-15H2,1-5H3,(H,26,29)/t18-,19+/m0/s1. The van der Waals surface area contributed by atoms with E-state index in [4.69, 9.17) is 11.6 Å². The molecule has 2 rings (SSSR count). The number of carbonyl (C=O) groups excluding carboxylic acids is 2. The third kappa shape index (κ3) is 6.90. The molecule has 0 saturated heterocycles. The number of hydrogen-bond acceptors (Lipinski definition) is 2. The van der Waals surface area contributed by atoms with Crippen molar-refractivity contribution >= 4 is 23.4 Å². The SMILES string of the molecule is CC[C@H](C)NC(=O)[C@@H](C)N(Cc1ccc(Cl)cc1)C(=O)Cc1cc(C)cc(C)c1. The van der Waals surface area contributed by atoms with E-state index in [0.29, 0.717) is 11.6 Å². The first-order valence-corrected chi connectivity index (χ1v) is 10.5. The fourth-order valence-electron chi connectivity index (χ4n) is 3.28. The third-order valence-electron chi connectivity index (χ3n) is 5.07. The molecule has 0 aromatic heterocycles. The van der Waals surface area contributed by atoms with E-state index >= 15 is 0 Å². The monoisotopic (exact) mass is 414 g/mol. The van der Waals surface area contributed by atoms with Crippen LogP contribution in [-0.2, 0) is 22.6 Å². The maximum atomic E-state index is 13.2. The van der Waals surface area contributed by atoms with Gasteiger partial charge in [-0.1, -0.05) is 60.0 Å². The van der Waals surface area contributed by atoms with Gasteiger partial charge in [0.05, 0.1) is 6.42 Å². The molecule has 0 fully saturated rings. The highest BCUT2D eigenvalue weighted by Crippen LogP contribution is 2.16. The van der Waals surface area contributed by atoms with Gasteiger partial charge in [-0.25, -0.2) is 0 Å². The number of nitrogens with one attached hydrogen (secondary N) is 1. The maximum absolute atomic E-state index is 13.2. The molecule has 2 atom stereocenters. The number of aryl methyl sites for hydroxylation is 2. The van der Waals surface area contributed by atoms with Crippen molar-refractivity contribution < 1.29 is 9.59 Å². The molecule has 2 aromatic carbocycles. The minimum absolute atomic E-state index is 0.0665. The molecule has 5 heteroatoms. The molecule has 0 spiro atoms. The lowest BCUT2D eigenvalue weighted by molar-refractivity contribution is -0.140. The first-order valence-electron chi connectivity index (χ1n) is 10.1. The number of carbonyl (C=O) groups is 2. The Kier molecular flexibility index (Phi) is 8.27. The van der Waals surface area contributed by atoms with E-state index in [1.165, 1.54) is 0 Å². The van der Waals surface area contributed by atoms with E-state index < -0.39 is 6.04 Å². The fourth-order valence-corrected chi connectivity index (χ4v) is 3.41. The number of halogens is 1. The summed E-state index contributed by atoms with van der Waals surface area (Å²) in [4.78, 5) is 27.6. The summed E-state index contributed by atoms with van der Waals surface area (Å²) < 4.78 is 0. The van der Waals surface area contributed by atoms with E-state index in [1.807, 2.05) is 52.0 Å². The minimum Gasteiger partial charge on any atom is -0.352 e. The van der Waals surface area contributed by atoms with Gasteiger partial charge in [-0.3, -0.25) is 9.59 Å². The molecule has 2 aromatic rings. The molecule has 0 radical (unpaired) electrons. The Labute approximate surface area is 179 Å². The molecule has 0 aliphatic carbocycles. The van der Waals surface area contributed by atoms with Crippen molar-refractivity contribution in [1.82, 2.24) is 10.2 Å². The van der Waals surface area contributed by atoms with Crippen molar-refractivity contribution in [2.75, 3.05) is 0 Å². The second-order valence-electron chi connectivity index (χ2n) is 7.81. The van der Waals surface area contributed by atoms with E-state index in [9.17, 15) is 9.59 Å². The van der Waals surface area contributed by atoms with Crippen LogP contribution in [0, 0.1) is 13.8 Å². The van der Waals surface area contributed by atoms with Gasteiger partial charge >= 0.3 is 0 Å². The van der Waals surface area contributed by atoms with Crippen LogP contribution in [0.2, 0.25) is 5.02 Å². The number of rotatable bonds is 8. The van der Waals surface area contributed by atoms with E-state index in [-0.39, 0.29) is 24.3 Å². The predicted molar refractivity (Wildman–Crippen MR) is 119 cm³/mol. The average molecular weight is 415 g/mol. The Morgan fingerprint density at radius 3 is 2.14 bits per heavy atom. The molecular formula is C24H31ClN2O2. The minimum atomic E-state index is -0.571. The molecule has 0 saturated carbocycles. The summed E-state index contributed by atoms with van der Waals surface area (Å²) in [5, 5.41) is 3.63. The second kappa shape index (κ2) is 10.4. The van der Waals surface area contributed by atoms with Crippen LogP contribution in [0.4, 0.5) is 0 Å². The van der Waals surface area contributed by atoms with Gasteiger partial charge in [0.2, 0.25) is 11.8 Å². The molecular weight excluding hydrogens is 384 g/mol. The number of benzene rings is 2. The fraction of sp³-hybridized carbons (Fsp3) is 0.417. The van der Waals surface area contributed by atoms with Gasteiger partial charge in [0.15, 0.2) is 0 Å². The van der Waals surface area contributed by atoms with Gasteiger partial charge in [-0.15, -0.1) is 0 Å². The molecule has 0 aliphatic rings. The number of amides is 2. The summed E-state index contributed by atoms with van der Waals surface area (Å²) in [6, 6.07) is 13.0. The van der Waals surface area contributed by atoms with Gasteiger partial charge in [0.1, 0.15) is 6.04 Å². The number of nitrogens with zero attached hydrogens (tertiary/aromatic N) is 1. The molecule has 156 valence electrons. The molecule has 0 aliphatic heterocycles. The second-order valence-corrected chi connectivity index (χ2v) is 8.25. The highest BCUT2D eigenvalue weighted by molar-refractivity contribution is 6.30. The van der Waals surface area contributed by atoms with Crippen LogP contribution < -0.4 is 5.32 Å². The van der Waals surface area contributed by atoms with Crippen LogP contribution in [0.5, 0.6) is 0 Å². The van der Waals surface area contributed by atoms with Gasteiger partial charge in [0.25, 0.3) is 0 Å². The van der Waals surface area contributed by atoms with E-state index in [0.717, 1.165) is 28.7 Å². The lowest BCUT2D eigenvalue weighted by Crippen LogP contribution is -2.49. The molecule has 0 bridgehead atoms. The van der Waals surface area contributed by atoms with Crippen molar-refractivity contribution in [3.63, 3.8) is 0 Å². The Hall–Kier alpha value is -2.33. The maximum Gasteiger partial charge on any atom is 0.242 e. The summed E-state index contributed by atoms with van der Waals surface area (Å²) in [6.45, 7) is 10.2. The lowest BCUT2D eigenvalue weighted by Gasteiger charge is -2.30. The summed E-state index contributed by atoms with van der Waals surface area (Å²) in [5.41, 5.74) is 4.15. The zero-order valence-corrected chi connectivity index (χ0v) is 18.7. The van der Waals surface area contributed by atoms with Crippen LogP contribution in [0.1, 0.15) is 49.4 Å². The Bertz CT molecular complexity index is 828. The van der Waals surface area contributed by atoms with Gasteiger partial charge in [-0.05, 0) is 57.4 Å². The van der Waals surface area contributed by atoms with E-state index in [2.05, 4.69) is 11.4 Å². The zero-order valence-electron chi connectivity index (χ0n) is 18.0. The highest BCUT2D eigenvalue weighted by atomic mass is 35.5. The van der Waals surface area contributed by atoms with Crippen molar-refractivity contribution in [2.24, 2.45) is 0 Å². The summed E-state index contributed by atoms with van der Waals surface area (Å²) in [5.74, 6) is -0.209. The molecule has 0 heterocycles. The van der Waals surface area contributed by atoms with Crippen LogP contribution in [0.25, 0.3) is 0 Å². The van der Waals surface area contributed by atoms with Crippen LogP contribution >= 0.6 is 11.6 Å². The molecule has 29 heavy (non-hydrogen) atoms. The van der Waals surface area contributed by atoms with Crippen molar-refractivity contribution in [3.05, 3.63) is 69.7 Å². The molecule has 0 unspecified atom stereocenters. The zero-order chi connectivity index (χ0) is 21.6. The largest absolute Gasteiger partial charge is 0.352 e. The topological polar surface area (TPSA) is 49.4 Å². The van der Waals surface area contributed by atoms with Crippen molar-refractivity contribution in [1.29, 1.82) is 0 Å². The Balaban J connectivity index is 2.25. The summed E-state index contributed by atoms with van der Waals surface area (Å²) in [6.07, 6.45) is 1.10. The summed E-state index contributed by atoms with van der Waals surface area (Å²) >= 11 is 5.99. The highest BCUT2D eigenvalue weighted by Gasteiger charge is 2.26. The van der Waals surface area contributed by atoms with Gasteiger partial charge < -0.3 is 10.2 Å². The predicted octanol–water partition coefficient (Wildman–Crippen LogP) is 4.83. The lowest BCUT2D eigenvalue weighted by atomic mass is 10.0. The van der Waals surface area contributed by atoms with Crippen LogP contribution in [-0.4, -0.2) is 28.8 Å². The quantitative estimate of drug-likeness (QED) is 0.672. The van der Waals surface area contributed by atoms with Crippen molar-refractivity contribution in [3.8, 4) is 0 Å². The smallest absolute Gasteiger partial charge is 0.242 e. The molecule has 2 amide bonds. The normalized spacial score (nSPS) is 12.9. The first kappa shape index (κ1) is 23.0. The summed E-state index contributed by atoms with van der Waals surface area (Å²) in [7, 11) is 0.